The van der Waals surface area contributed by atoms with E-state index in [9.17, 15) is 4.79 Å². The molecule has 0 aliphatic carbocycles. The van der Waals surface area contributed by atoms with Gasteiger partial charge in [0.2, 0.25) is 5.91 Å². The molecule has 0 saturated heterocycles. The fourth-order valence-corrected chi connectivity index (χ4v) is 3.04. The molecule has 124 valence electrons. The van der Waals surface area contributed by atoms with Crippen molar-refractivity contribution in [2.75, 3.05) is 5.32 Å². The van der Waals surface area contributed by atoms with Crippen LogP contribution < -0.4 is 5.32 Å². The average Bonchev–Trinajstić information content (AvgIpc) is 3.16. The second kappa shape index (κ2) is 7.29. The molecule has 9 heteroatoms. The van der Waals surface area contributed by atoms with Crippen molar-refractivity contribution < 1.29 is 13.6 Å². The first-order valence-electron chi connectivity index (χ1n) is 6.82. The van der Waals surface area contributed by atoms with Gasteiger partial charge in [0.05, 0.1) is 11.5 Å². The lowest BCUT2D eigenvalue weighted by molar-refractivity contribution is -0.115. The molecule has 1 atom stereocenters. The molecule has 3 rings (SSSR count). The van der Waals surface area contributed by atoms with Gasteiger partial charge in [0.15, 0.2) is 5.76 Å². The number of amides is 1. The van der Waals surface area contributed by atoms with Gasteiger partial charge in [-0.05, 0) is 37.3 Å². The fraction of sp³-hybridized carbons (Fsp3) is 0.133. The number of nitrogens with zero attached hydrogens (tertiary/aromatic N) is 2. The first-order chi connectivity index (χ1) is 11.5. The van der Waals surface area contributed by atoms with Gasteiger partial charge in [0, 0.05) is 15.7 Å². The van der Waals surface area contributed by atoms with Gasteiger partial charge < -0.3 is 14.2 Å². The Labute approximate surface area is 151 Å². The standard InChI is InChI=1S/C15H11Cl2N3O3S/c1-8(13(21)18-11-6-9(16)5-10(17)7-11)24-15-20-19-14(23-15)12-3-2-4-22-12/h2-8H,1H3,(H,18,21)/t8-/m0/s1. The first kappa shape index (κ1) is 16.9. The van der Waals surface area contributed by atoms with Crippen LogP contribution in [0.3, 0.4) is 0 Å². The van der Waals surface area contributed by atoms with Crippen molar-refractivity contribution in [1.29, 1.82) is 0 Å². The summed E-state index contributed by atoms with van der Waals surface area (Å²) in [6.07, 6.45) is 1.51. The third-order valence-corrected chi connectivity index (χ3v) is 4.29. The Balaban J connectivity index is 1.64. The van der Waals surface area contributed by atoms with Crippen LogP contribution in [0.15, 0.2) is 50.7 Å². The summed E-state index contributed by atoms with van der Waals surface area (Å²) < 4.78 is 10.6. The zero-order valence-corrected chi connectivity index (χ0v) is 14.7. The largest absolute Gasteiger partial charge is 0.459 e. The van der Waals surface area contributed by atoms with Crippen LogP contribution in [0.1, 0.15) is 6.92 Å². The highest BCUT2D eigenvalue weighted by Crippen LogP contribution is 2.28. The monoisotopic (exact) mass is 383 g/mol. The van der Waals surface area contributed by atoms with Crippen LogP contribution in [0.2, 0.25) is 10.0 Å². The average molecular weight is 384 g/mol. The molecule has 1 N–H and O–H groups in total. The molecule has 6 nitrogen and oxygen atoms in total. The molecule has 0 bridgehead atoms. The predicted molar refractivity (Wildman–Crippen MR) is 92.4 cm³/mol. The number of carbonyl (C=O) groups is 1. The molecule has 0 radical (unpaired) electrons. The number of hydrogen-bond donors (Lipinski definition) is 1. The molecule has 1 aromatic carbocycles. The van der Waals surface area contributed by atoms with E-state index in [-0.39, 0.29) is 17.0 Å². The van der Waals surface area contributed by atoms with E-state index in [0.29, 0.717) is 21.5 Å². The van der Waals surface area contributed by atoms with E-state index >= 15 is 0 Å². The summed E-state index contributed by atoms with van der Waals surface area (Å²) in [6, 6.07) is 8.25. The minimum absolute atomic E-state index is 0.240. The van der Waals surface area contributed by atoms with Gasteiger partial charge in [-0.25, -0.2) is 0 Å². The molecule has 0 unspecified atom stereocenters. The summed E-state index contributed by atoms with van der Waals surface area (Å²) in [4.78, 5) is 12.2. The third-order valence-electron chi connectivity index (χ3n) is 2.92. The predicted octanol–water partition coefficient (Wildman–Crippen LogP) is 4.76. The summed E-state index contributed by atoms with van der Waals surface area (Å²) in [7, 11) is 0. The highest BCUT2D eigenvalue weighted by molar-refractivity contribution is 8.00. The zero-order valence-electron chi connectivity index (χ0n) is 12.3. The van der Waals surface area contributed by atoms with Crippen molar-refractivity contribution in [3.63, 3.8) is 0 Å². The van der Waals surface area contributed by atoms with Crippen LogP contribution in [0.5, 0.6) is 0 Å². The first-order valence-corrected chi connectivity index (χ1v) is 8.46. The van der Waals surface area contributed by atoms with Crippen molar-refractivity contribution in [2.24, 2.45) is 0 Å². The van der Waals surface area contributed by atoms with Crippen molar-refractivity contribution >= 4 is 46.6 Å². The Bertz CT molecular complexity index is 831. The molecule has 0 aliphatic rings. The van der Waals surface area contributed by atoms with Gasteiger partial charge in [-0.2, -0.15) is 0 Å². The van der Waals surface area contributed by atoms with Crippen molar-refractivity contribution in [2.45, 2.75) is 17.4 Å². The summed E-state index contributed by atoms with van der Waals surface area (Å²) in [5, 5.41) is 11.2. The Hall–Kier alpha value is -1.96. The van der Waals surface area contributed by atoms with Crippen molar-refractivity contribution in [1.82, 2.24) is 10.2 Å². The van der Waals surface area contributed by atoms with E-state index in [4.69, 9.17) is 32.0 Å². The fourth-order valence-electron chi connectivity index (χ4n) is 1.83. The summed E-state index contributed by atoms with van der Waals surface area (Å²) in [5.74, 6) is 0.493. The highest BCUT2D eigenvalue weighted by atomic mass is 35.5. The number of benzene rings is 1. The Kier molecular flexibility index (Phi) is 5.13. The van der Waals surface area contributed by atoms with E-state index in [2.05, 4.69) is 15.5 Å². The SMILES string of the molecule is C[C@H](Sc1nnc(-c2ccco2)o1)C(=O)Nc1cc(Cl)cc(Cl)c1. The number of nitrogens with one attached hydrogen (secondary N) is 1. The Morgan fingerprint density at radius 1 is 1.25 bits per heavy atom. The summed E-state index contributed by atoms with van der Waals surface area (Å²) in [6.45, 7) is 1.73. The van der Waals surface area contributed by atoms with Crippen LogP contribution >= 0.6 is 35.0 Å². The number of anilines is 1. The quantitative estimate of drug-likeness (QED) is 0.639. The molecule has 2 aromatic heterocycles. The van der Waals surface area contributed by atoms with Crippen molar-refractivity contribution in [3.05, 3.63) is 46.6 Å². The van der Waals surface area contributed by atoms with Gasteiger partial charge in [-0.1, -0.05) is 35.0 Å². The number of furan rings is 1. The van der Waals surface area contributed by atoms with Gasteiger partial charge in [-0.3, -0.25) is 4.79 Å². The van der Waals surface area contributed by atoms with E-state index < -0.39 is 5.25 Å². The minimum Gasteiger partial charge on any atom is -0.459 e. The van der Waals surface area contributed by atoms with Crippen LogP contribution in [0.25, 0.3) is 11.7 Å². The number of thioether (sulfide) groups is 1. The van der Waals surface area contributed by atoms with Crippen LogP contribution in [0, 0.1) is 0 Å². The van der Waals surface area contributed by atoms with E-state index in [1.54, 1.807) is 37.3 Å². The second-order valence-electron chi connectivity index (χ2n) is 4.76. The molecule has 0 spiro atoms. The molecule has 3 aromatic rings. The van der Waals surface area contributed by atoms with Gasteiger partial charge in [-0.15, -0.1) is 10.2 Å². The zero-order chi connectivity index (χ0) is 17.1. The number of halogens is 2. The van der Waals surface area contributed by atoms with Gasteiger partial charge in [0.25, 0.3) is 11.1 Å². The normalized spacial score (nSPS) is 12.1. The highest BCUT2D eigenvalue weighted by Gasteiger charge is 2.19. The third kappa shape index (κ3) is 4.11. The maximum absolute atomic E-state index is 12.2. The molecule has 1 amide bonds. The topological polar surface area (TPSA) is 81.2 Å². The molecular weight excluding hydrogens is 373 g/mol. The van der Waals surface area contributed by atoms with Crippen LogP contribution in [0.4, 0.5) is 5.69 Å². The maximum atomic E-state index is 12.2. The molecule has 0 saturated carbocycles. The summed E-state index contributed by atoms with van der Waals surface area (Å²) >= 11 is 13.0. The van der Waals surface area contributed by atoms with Crippen molar-refractivity contribution in [3.8, 4) is 11.7 Å². The molecule has 2 heterocycles. The molecule has 0 aliphatic heterocycles. The lowest BCUT2D eigenvalue weighted by Crippen LogP contribution is -2.22. The van der Waals surface area contributed by atoms with Crippen LogP contribution in [-0.2, 0) is 4.79 Å². The number of hydrogen-bond acceptors (Lipinski definition) is 6. The molecule has 0 fully saturated rings. The van der Waals surface area contributed by atoms with Gasteiger partial charge >= 0.3 is 0 Å². The molecule has 24 heavy (non-hydrogen) atoms. The molecular formula is C15H11Cl2N3O3S. The second-order valence-corrected chi connectivity index (χ2v) is 6.92. The Morgan fingerprint density at radius 3 is 2.67 bits per heavy atom. The lowest BCUT2D eigenvalue weighted by Gasteiger charge is -2.10. The minimum atomic E-state index is -0.465. The summed E-state index contributed by atoms with van der Waals surface area (Å²) in [5.41, 5.74) is 0.520. The van der Waals surface area contributed by atoms with E-state index in [0.717, 1.165) is 11.8 Å². The number of rotatable bonds is 5. The Morgan fingerprint density at radius 2 is 2.00 bits per heavy atom. The van der Waals surface area contributed by atoms with Gasteiger partial charge in [0.1, 0.15) is 0 Å². The number of carbonyl (C=O) groups excluding carboxylic acids is 1. The number of aromatic nitrogens is 2. The lowest BCUT2D eigenvalue weighted by atomic mass is 10.3. The van der Waals surface area contributed by atoms with E-state index in [1.165, 1.54) is 6.26 Å². The van der Waals surface area contributed by atoms with Crippen LogP contribution in [-0.4, -0.2) is 21.4 Å². The maximum Gasteiger partial charge on any atom is 0.284 e. The smallest absolute Gasteiger partial charge is 0.284 e. The van der Waals surface area contributed by atoms with E-state index in [1.807, 2.05) is 0 Å².